The zero-order chi connectivity index (χ0) is 13.7. The molecule has 1 fully saturated rings. The van der Waals surface area contributed by atoms with Crippen molar-refractivity contribution >= 4 is 28.8 Å². The maximum absolute atomic E-state index is 11.9. The van der Waals surface area contributed by atoms with Crippen LogP contribution in [0.2, 0.25) is 4.34 Å². The fourth-order valence-corrected chi connectivity index (χ4v) is 3.35. The van der Waals surface area contributed by atoms with Crippen LogP contribution in [0.4, 0.5) is 0 Å². The van der Waals surface area contributed by atoms with E-state index in [1.807, 2.05) is 19.2 Å². The molecule has 2 rings (SSSR count). The van der Waals surface area contributed by atoms with Crippen molar-refractivity contribution in [3.8, 4) is 0 Å². The van der Waals surface area contributed by atoms with E-state index < -0.39 is 0 Å². The maximum atomic E-state index is 11.9. The average Bonchev–Trinajstić information content (AvgIpc) is 2.82. The molecule has 2 N–H and O–H groups in total. The van der Waals surface area contributed by atoms with Crippen LogP contribution in [-0.2, 0) is 11.3 Å². The van der Waals surface area contributed by atoms with E-state index in [2.05, 4.69) is 15.5 Å². The number of likely N-dealkylation sites (tertiary alicyclic amines) is 1. The standard InChI is InChI=1S/C13H20ClN3OS/c1-15-10-3-2-6-17(8-10)9-13(18)16-7-11-4-5-12(14)19-11/h4-5,10,15H,2-3,6-9H2,1H3,(H,16,18). The Hall–Kier alpha value is -0.620. The van der Waals surface area contributed by atoms with Gasteiger partial charge in [0.1, 0.15) is 0 Å². The summed E-state index contributed by atoms with van der Waals surface area (Å²) in [6.07, 6.45) is 2.35. The van der Waals surface area contributed by atoms with Gasteiger partial charge >= 0.3 is 0 Å². The van der Waals surface area contributed by atoms with Crippen molar-refractivity contribution in [3.63, 3.8) is 0 Å². The van der Waals surface area contributed by atoms with Gasteiger partial charge in [-0.1, -0.05) is 11.6 Å². The maximum Gasteiger partial charge on any atom is 0.234 e. The van der Waals surface area contributed by atoms with E-state index >= 15 is 0 Å². The first-order valence-electron chi connectivity index (χ1n) is 6.58. The molecule has 19 heavy (non-hydrogen) atoms. The van der Waals surface area contributed by atoms with Gasteiger partial charge in [0, 0.05) is 17.5 Å². The highest BCUT2D eigenvalue weighted by atomic mass is 35.5. The number of nitrogens with one attached hydrogen (secondary N) is 2. The van der Waals surface area contributed by atoms with Gasteiger partial charge in [0.05, 0.1) is 17.4 Å². The molecule has 0 spiro atoms. The summed E-state index contributed by atoms with van der Waals surface area (Å²) >= 11 is 7.36. The fourth-order valence-electron chi connectivity index (χ4n) is 2.33. The van der Waals surface area contributed by atoms with E-state index in [9.17, 15) is 4.79 Å². The van der Waals surface area contributed by atoms with E-state index in [4.69, 9.17) is 11.6 Å². The molecule has 1 saturated heterocycles. The first kappa shape index (κ1) is 14.8. The number of carbonyl (C=O) groups is 1. The van der Waals surface area contributed by atoms with Crippen LogP contribution in [0.3, 0.4) is 0 Å². The molecule has 106 valence electrons. The summed E-state index contributed by atoms with van der Waals surface area (Å²) in [6.45, 7) is 3.02. The molecule has 0 radical (unpaired) electrons. The van der Waals surface area contributed by atoms with E-state index in [0.717, 1.165) is 28.7 Å². The van der Waals surface area contributed by atoms with Crippen molar-refractivity contribution in [3.05, 3.63) is 21.3 Å². The van der Waals surface area contributed by atoms with Gasteiger partial charge in [0.15, 0.2) is 0 Å². The molecule has 1 aromatic rings. The molecule has 1 amide bonds. The Morgan fingerprint density at radius 1 is 1.58 bits per heavy atom. The van der Waals surface area contributed by atoms with E-state index in [-0.39, 0.29) is 5.91 Å². The van der Waals surface area contributed by atoms with Gasteiger partial charge in [0.2, 0.25) is 5.91 Å². The lowest BCUT2D eigenvalue weighted by molar-refractivity contribution is -0.122. The van der Waals surface area contributed by atoms with Gasteiger partial charge in [-0.25, -0.2) is 0 Å². The summed E-state index contributed by atoms with van der Waals surface area (Å²) in [5.74, 6) is 0.0845. The molecule has 0 aromatic carbocycles. The molecule has 6 heteroatoms. The summed E-state index contributed by atoms with van der Waals surface area (Å²) in [5, 5.41) is 6.22. The third kappa shape index (κ3) is 4.76. The Balaban J connectivity index is 1.72. The van der Waals surface area contributed by atoms with Crippen LogP contribution in [0, 0.1) is 0 Å². The Labute approximate surface area is 123 Å². The molecule has 1 unspecified atom stereocenters. The van der Waals surface area contributed by atoms with E-state index in [0.29, 0.717) is 19.1 Å². The number of amides is 1. The lowest BCUT2D eigenvalue weighted by Crippen LogP contribution is -2.47. The van der Waals surface area contributed by atoms with Crippen molar-refractivity contribution in [1.82, 2.24) is 15.5 Å². The number of hydrogen-bond donors (Lipinski definition) is 2. The van der Waals surface area contributed by atoms with Gasteiger partial charge in [0.25, 0.3) is 0 Å². The number of nitrogens with zero attached hydrogens (tertiary/aromatic N) is 1. The highest BCUT2D eigenvalue weighted by molar-refractivity contribution is 7.16. The smallest absolute Gasteiger partial charge is 0.234 e. The molecule has 4 nitrogen and oxygen atoms in total. The fraction of sp³-hybridized carbons (Fsp3) is 0.615. The summed E-state index contributed by atoms with van der Waals surface area (Å²) in [7, 11) is 1.98. The van der Waals surface area contributed by atoms with Crippen LogP contribution in [0.1, 0.15) is 17.7 Å². The van der Waals surface area contributed by atoms with E-state index in [1.54, 1.807) is 0 Å². The molecule has 0 bridgehead atoms. The molecule has 1 aliphatic rings. The SMILES string of the molecule is CNC1CCCN(CC(=O)NCc2ccc(Cl)s2)C1. The molecule has 1 aromatic heterocycles. The van der Waals surface area contributed by atoms with Crippen molar-refractivity contribution in [2.24, 2.45) is 0 Å². The Kier molecular flexibility index (Phi) is 5.63. The van der Waals surface area contributed by atoms with Crippen molar-refractivity contribution in [1.29, 1.82) is 0 Å². The Morgan fingerprint density at radius 2 is 2.42 bits per heavy atom. The van der Waals surface area contributed by atoms with Crippen LogP contribution < -0.4 is 10.6 Å². The minimum atomic E-state index is 0.0845. The van der Waals surface area contributed by atoms with Crippen LogP contribution in [0.25, 0.3) is 0 Å². The second-order valence-electron chi connectivity index (χ2n) is 4.85. The number of likely N-dealkylation sites (N-methyl/N-ethyl adjacent to an activating group) is 1. The summed E-state index contributed by atoms with van der Waals surface area (Å²) < 4.78 is 0.761. The van der Waals surface area contributed by atoms with Crippen LogP contribution >= 0.6 is 22.9 Å². The third-order valence-electron chi connectivity index (χ3n) is 3.37. The minimum absolute atomic E-state index is 0.0845. The molecule has 1 aliphatic heterocycles. The van der Waals surface area contributed by atoms with Crippen LogP contribution in [-0.4, -0.2) is 43.5 Å². The topological polar surface area (TPSA) is 44.4 Å². The monoisotopic (exact) mass is 301 g/mol. The minimum Gasteiger partial charge on any atom is -0.350 e. The summed E-state index contributed by atoms with van der Waals surface area (Å²) in [4.78, 5) is 15.2. The van der Waals surface area contributed by atoms with Crippen LogP contribution in [0.15, 0.2) is 12.1 Å². The van der Waals surface area contributed by atoms with Gasteiger partial charge in [-0.2, -0.15) is 0 Å². The number of carbonyl (C=O) groups excluding carboxylic acids is 1. The zero-order valence-electron chi connectivity index (χ0n) is 11.1. The predicted molar refractivity (Wildman–Crippen MR) is 79.7 cm³/mol. The molecular weight excluding hydrogens is 282 g/mol. The molecule has 0 saturated carbocycles. The van der Waals surface area contributed by atoms with Crippen molar-refractivity contribution in [2.75, 3.05) is 26.7 Å². The molecule has 0 aliphatic carbocycles. The van der Waals surface area contributed by atoms with E-state index in [1.165, 1.54) is 17.8 Å². The van der Waals surface area contributed by atoms with Crippen molar-refractivity contribution < 1.29 is 4.79 Å². The van der Waals surface area contributed by atoms with Crippen molar-refractivity contribution in [2.45, 2.75) is 25.4 Å². The lowest BCUT2D eigenvalue weighted by Gasteiger charge is -2.31. The average molecular weight is 302 g/mol. The summed E-state index contributed by atoms with van der Waals surface area (Å²) in [6, 6.07) is 4.32. The van der Waals surface area contributed by atoms with Gasteiger partial charge in [-0.15, -0.1) is 11.3 Å². The Morgan fingerprint density at radius 3 is 3.11 bits per heavy atom. The van der Waals surface area contributed by atoms with Gasteiger partial charge in [-0.05, 0) is 38.6 Å². The predicted octanol–water partition coefficient (Wildman–Crippen LogP) is 1.70. The lowest BCUT2D eigenvalue weighted by atomic mass is 10.1. The van der Waals surface area contributed by atoms with Crippen LogP contribution in [0.5, 0.6) is 0 Å². The third-order valence-corrected chi connectivity index (χ3v) is 4.60. The van der Waals surface area contributed by atoms with Gasteiger partial charge < -0.3 is 10.6 Å². The Bertz CT molecular complexity index is 424. The molecular formula is C13H20ClN3OS. The number of thiophene rings is 1. The molecule has 1 atom stereocenters. The first-order chi connectivity index (χ1) is 9.17. The zero-order valence-corrected chi connectivity index (χ0v) is 12.7. The summed E-state index contributed by atoms with van der Waals surface area (Å²) in [5.41, 5.74) is 0. The number of hydrogen-bond acceptors (Lipinski definition) is 4. The second kappa shape index (κ2) is 7.24. The number of halogens is 1. The number of piperidine rings is 1. The normalized spacial score (nSPS) is 20.4. The quantitative estimate of drug-likeness (QED) is 0.870. The highest BCUT2D eigenvalue weighted by Crippen LogP contribution is 2.20. The molecule has 2 heterocycles. The highest BCUT2D eigenvalue weighted by Gasteiger charge is 2.20. The van der Waals surface area contributed by atoms with Gasteiger partial charge in [-0.3, -0.25) is 9.69 Å². The number of rotatable bonds is 5. The first-order valence-corrected chi connectivity index (χ1v) is 7.77. The second-order valence-corrected chi connectivity index (χ2v) is 6.65. The largest absolute Gasteiger partial charge is 0.350 e.